The van der Waals surface area contributed by atoms with Crippen LogP contribution < -0.4 is 10.1 Å². The van der Waals surface area contributed by atoms with Gasteiger partial charge >= 0.3 is 0 Å². The Kier molecular flexibility index (Phi) is 4.40. The fourth-order valence-corrected chi connectivity index (χ4v) is 2.51. The fraction of sp³-hybridized carbons (Fsp3) is 0.500. The highest BCUT2D eigenvalue weighted by Gasteiger charge is 2.24. The second-order valence-electron chi connectivity index (χ2n) is 4.83. The van der Waals surface area contributed by atoms with E-state index in [1.165, 1.54) is 12.8 Å². The molecule has 1 aliphatic carbocycles. The molecule has 98 valence electrons. The normalized spacial score (nSPS) is 14.6. The van der Waals surface area contributed by atoms with E-state index in [-0.39, 0.29) is 5.78 Å². The second kappa shape index (κ2) is 5.85. The minimum Gasteiger partial charge on any atom is -0.491 e. The number of carbonyl (C=O) groups excluding carboxylic acids is 1. The monoisotopic (exact) mass is 311 g/mol. The molecule has 0 bridgehead atoms. The van der Waals surface area contributed by atoms with Crippen molar-refractivity contribution in [2.45, 2.75) is 19.8 Å². The molecule has 1 aliphatic rings. The third-order valence-electron chi connectivity index (χ3n) is 2.99. The van der Waals surface area contributed by atoms with Crippen molar-refractivity contribution in [3.63, 3.8) is 0 Å². The smallest absolute Gasteiger partial charge is 0.180 e. The van der Waals surface area contributed by atoms with Gasteiger partial charge < -0.3 is 10.1 Å². The summed E-state index contributed by atoms with van der Waals surface area (Å²) in [4.78, 5) is 12.1. The quantitative estimate of drug-likeness (QED) is 0.821. The molecule has 0 saturated heterocycles. The van der Waals surface area contributed by atoms with Gasteiger partial charge in [-0.15, -0.1) is 0 Å². The Morgan fingerprint density at radius 1 is 1.50 bits per heavy atom. The summed E-state index contributed by atoms with van der Waals surface area (Å²) in [6.07, 6.45) is 2.48. The molecular formula is C14H18BrNO2. The van der Waals surface area contributed by atoms with Crippen molar-refractivity contribution in [3.8, 4) is 5.75 Å². The number of rotatable bonds is 6. The number of ether oxygens (including phenoxy) is 1. The van der Waals surface area contributed by atoms with Crippen molar-refractivity contribution in [1.29, 1.82) is 0 Å². The SMILES string of the molecule is CNCC(=O)c1cc(C)cc(Br)c1OCC1CC1. The molecule has 0 aromatic heterocycles. The molecule has 0 aliphatic heterocycles. The van der Waals surface area contributed by atoms with Gasteiger partial charge in [-0.1, -0.05) is 0 Å². The Balaban J connectivity index is 2.24. The van der Waals surface area contributed by atoms with E-state index in [9.17, 15) is 4.79 Å². The lowest BCUT2D eigenvalue weighted by Crippen LogP contribution is -2.20. The van der Waals surface area contributed by atoms with E-state index in [1.807, 2.05) is 19.1 Å². The molecule has 1 N–H and O–H groups in total. The Morgan fingerprint density at radius 3 is 2.83 bits per heavy atom. The van der Waals surface area contributed by atoms with E-state index in [0.717, 1.165) is 10.0 Å². The number of hydrogen-bond donors (Lipinski definition) is 1. The third-order valence-corrected chi connectivity index (χ3v) is 3.58. The molecule has 1 saturated carbocycles. The van der Waals surface area contributed by atoms with Crippen molar-refractivity contribution in [2.75, 3.05) is 20.2 Å². The van der Waals surface area contributed by atoms with Gasteiger partial charge in [-0.3, -0.25) is 4.79 Å². The van der Waals surface area contributed by atoms with Crippen molar-refractivity contribution in [1.82, 2.24) is 5.32 Å². The molecule has 0 atom stereocenters. The predicted octanol–water partition coefficient (Wildman–Crippen LogP) is 2.95. The molecule has 18 heavy (non-hydrogen) atoms. The molecule has 0 amide bonds. The molecule has 0 radical (unpaired) electrons. The third kappa shape index (κ3) is 3.33. The van der Waals surface area contributed by atoms with Gasteiger partial charge in [-0.2, -0.15) is 0 Å². The topological polar surface area (TPSA) is 38.3 Å². The second-order valence-corrected chi connectivity index (χ2v) is 5.69. The van der Waals surface area contributed by atoms with Gasteiger partial charge in [0.15, 0.2) is 5.78 Å². The van der Waals surface area contributed by atoms with Crippen LogP contribution in [-0.4, -0.2) is 26.0 Å². The van der Waals surface area contributed by atoms with Gasteiger partial charge in [-0.05, 0) is 66.4 Å². The molecule has 0 spiro atoms. The number of nitrogens with one attached hydrogen (secondary N) is 1. The van der Waals surface area contributed by atoms with Crippen molar-refractivity contribution >= 4 is 21.7 Å². The fourth-order valence-electron chi connectivity index (χ4n) is 1.82. The molecular weight excluding hydrogens is 294 g/mol. The number of hydrogen-bond acceptors (Lipinski definition) is 3. The Morgan fingerprint density at radius 2 is 2.22 bits per heavy atom. The summed E-state index contributed by atoms with van der Waals surface area (Å²) in [6, 6.07) is 3.88. The van der Waals surface area contributed by atoms with E-state index >= 15 is 0 Å². The van der Waals surface area contributed by atoms with Crippen LogP contribution in [0, 0.1) is 12.8 Å². The molecule has 1 aromatic carbocycles. The molecule has 1 aromatic rings. The van der Waals surface area contributed by atoms with Gasteiger partial charge in [-0.25, -0.2) is 0 Å². The van der Waals surface area contributed by atoms with E-state index in [1.54, 1.807) is 7.05 Å². The summed E-state index contributed by atoms with van der Waals surface area (Å²) >= 11 is 3.49. The van der Waals surface area contributed by atoms with Crippen LogP contribution in [0.15, 0.2) is 16.6 Å². The summed E-state index contributed by atoms with van der Waals surface area (Å²) in [5.74, 6) is 1.42. The van der Waals surface area contributed by atoms with Gasteiger partial charge in [0, 0.05) is 0 Å². The Bertz CT molecular complexity index is 455. The lowest BCUT2D eigenvalue weighted by atomic mass is 10.1. The summed E-state index contributed by atoms with van der Waals surface area (Å²) in [5, 5.41) is 2.89. The van der Waals surface area contributed by atoms with Crippen LogP contribution >= 0.6 is 15.9 Å². The molecule has 2 rings (SSSR count). The lowest BCUT2D eigenvalue weighted by Gasteiger charge is -2.13. The summed E-state index contributed by atoms with van der Waals surface area (Å²) in [5.41, 5.74) is 1.72. The predicted molar refractivity (Wildman–Crippen MR) is 75.4 cm³/mol. The van der Waals surface area contributed by atoms with Gasteiger partial charge in [0.2, 0.25) is 0 Å². The summed E-state index contributed by atoms with van der Waals surface area (Å²) < 4.78 is 6.68. The van der Waals surface area contributed by atoms with Crippen LogP contribution in [0.3, 0.4) is 0 Å². The van der Waals surface area contributed by atoms with Crippen LogP contribution in [0.25, 0.3) is 0 Å². The number of benzene rings is 1. The number of aryl methyl sites for hydroxylation is 1. The van der Waals surface area contributed by atoms with E-state index in [4.69, 9.17) is 4.74 Å². The maximum Gasteiger partial charge on any atom is 0.180 e. The van der Waals surface area contributed by atoms with E-state index in [0.29, 0.717) is 30.4 Å². The zero-order valence-electron chi connectivity index (χ0n) is 10.8. The van der Waals surface area contributed by atoms with E-state index < -0.39 is 0 Å². The van der Waals surface area contributed by atoms with Crippen molar-refractivity contribution in [2.24, 2.45) is 5.92 Å². The average molecular weight is 312 g/mol. The van der Waals surface area contributed by atoms with Crippen LogP contribution in [0.1, 0.15) is 28.8 Å². The standard InChI is InChI=1S/C14H18BrNO2/c1-9-5-11(13(17)7-16-2)14(12(15)6-9)18-8-10-3-4-10/h5-6,10,16H,3-4,7-8H2,1-2H3. The Labute approximate surface area is 116 Å². The Hall–Kier alpha value is -0.870. The molecule has 4 heteroatoms. The first kappa shape index (κ1) is 13.6. The van der Waals surface area contributed by atoms with Gasteiger partial charge in [0.05, 0.1) is 23.2 Å². The number of ketones is 1. The molecule has 1 fully saturated rings. The first-order chi connectivity index (χ1) is 8.61. The van der Waals surface area contributed by atoms with Gasteiger partial charge in [0.1, 0.15) is 5.75 Å². The minimum absolute atomic E-state index is 0.0627. The first-order valence-corrected chi connectivity index (χ1v) is 7.02. The first-order valence-electron chi connectivity index (χ1n) is 6.22. The maximum atomic E-state index is 12.1. The van der Waals surface area contributed by atoms with Crippen LogP contribution in [0.2, 0.25) is 0 Å². The molecule has 0 heterocycles. The number of halogens is 1. The van der Waals surface area contributed by atoms with Gasteiger partial charge in [0.25, 0.3) is 0 Å². The maximum absolute atomic E-state index is 12.1. The highest BCUT2D eigenvalue weighted by molar-refractivity contribution is 9.10. The van der Waals surface area contributed by atoms with Crippen molar-refractivity contribution in [3.05, 3.63) is 27.7 Å². The molecule has 3 nitrogen and oxygen atoms in total. The molecule has 0 unspecified atom stereocenters. The zero-order chi connectivity index (χ0) is 13.1. The minimum atomic E-state index is 0.0627. The average Bonchev–Trinajstić information content (AvgIpc) is 3.11. The number of Topliss-reactive ketones (excluding diaryl/α,β-unsaturated/α-hetero) is 1. The van der Waals surface area contributed by atoms with Crippen LogP contribution in [0.5, 0.6) is 5.75 Å². The summed E-state index contributed by atoms with van der Waals surface area (Å²) in [7, 11) is 1.77. The largest absolute Gasteiger partial charge is 0.491 e. The van der Waals surface area contributed by atoms with Crippen LogP contribution in [0.4, 0.5) is 0 Å². The number of carbonyl (C=O) groups is 1. The highest BCUT2D eigenvalue weighted by atomic mass is 79.9. The lowest BCUT2D eigenvalue weighted by molar-refractivity contribution is 0.0989. The van der Waals surface area contributed by atoms with E-state index in [2.05, 4.69) is 21.2 Å². The zero-order valence-corrected chi connectivity index (χ0v) is 12.3. The van der Waals surface area contributed by atoms with Crippen molar-refractivity contribution < 1.29 is 9.53 Å². The van der Waals surface area contributed by atoms with Crippen LogP contribution in [-0.2, 0) is 0 Å². The summed E-state index contributed by atoms with van der Waals surface area (Å²) in [6.45, 7) is 3.02. The number of likely N-dealkylation sites (N-methyl/N-ethyl adjacent to an activating group) is 1. The highest BCUT2D eigenvalue weighted by Crippen LogP contribution is 2.34.